The fraction of sp³-hybridized carbons (Fsp3) is 0.588. The second kappa shape index (κ2) is 10.6. The first-order valence-electron chi connectivity index (χ1n) is 8.32. The maximum absolute atomic E-state index is 12.6. The average Bonchev–Trinajstić information content (AvgIpc) is 2.56. The Morgan fingerprint density at radius 1 is 1.24 bits per heavy atom. The summed E-state index contributed by atoms with van der Waals surface area (Å²) in [6, 6.07) is 6.20. The topological polar surface area (TPSA) is 67.6 Å². The van der Waals surface area contributed by atoms with E-state index >= 15 is 0 Å². The van der Waals surface area contributed by atoms with Crippen molar-refractivity contribution in [1.82, 2.24) is 0 Å². The third kappa shape index (κ3) is 6.00. The monoisotopic (exact) mass is 453 g/mol. The number of anilines is 2. The van der Waals surface area contributed by atoms with Crippen LogP contribution in [-0.4, -0.2) is 38.3 Å². The molecule has 0 spiro atoms. The molecule has 3 N–H and O–H groups in total. The zero-order valence-electron chi connectivity index (χ0n) is 14.1. The first-order valence-corrected chi connectivity index (χ1v) is 9.11. The molecule has 1 amide bonds. The fourth-order valence-electron chi connectivity index (χ4n) is 3.39. The SMILES string of the molecule is Cl.Cl.NC1CCCC(C(=O)Nc2cc(Br)ccc2N2CCOCC2)C1. The second-order valence-electron chi connectivity index (χ2n) is 6.37. The highest BCUT2D eigenvalue weighted by Crippen LogP contribution is 2.32. The van der Waals surface area contributed by atoms with Gasteiger partial charge >= 0.3 is 0 Å². The number of ether oxygens (including phenoxy) is 1. The highest BCUT2D eigenvalue weighted by atomic mass is 79.9. The minimum atomic E-state index is 0. The van der Waals surface area contributed by atoms with Crippen LogP contribution in [0.4, 0.5) is 11.4 Å². The van der Waals surface area contributed by atoms with Gasteiger partial charge in [0.15, 0.2) is 0 Å². The Morgan fingerprint density at radius 3 is 2.64 bits per heavy atom. The van der Waals surface area contributed by atoms with Gasteiger partial charge in [-0.05, 0) is 37.5 Å². The molecule has 1 aliphatic carbocycles. The molecule has 1 aromatic rings. The standard InChI is InChI=1S/C17H24BrN3O2.2ClH/c18-13-4-5-16(21-6-8-23-9-7-21)15(11-13)20-17(22)12-2-1-3-14(19)10-12;;/h4-5,11-12,14H,1-3,6-10,19H2,(H,20,22);2*1H. The predicted octanol–water partition coefficient (Wildman–Crippen LogP) is 3.59. The Labute approximate surface area is 170 Å². The smallest absolute Gasteiger partial charge is 0.227 e. The molecule has 2 fully saturated rings. The van der Waals surface area contributed by atoms with Crippen molar-refractivity contribution < 1.29 is 9.53 Å². The molecule has 0 bridgehead atoms. The van der Waals surface area contributed by atoms with E-state index in [4.69, 9.17) is 10.5 Å². The lowest BCUT2D eigenvalue weighted by atomic mass is 9.85. The van der Waals surface area contributed by atoms with Gasteiger partial charge in [-0.25, -0.2) is 0 Å². The highest BCUT2D eigenvalue weighted by Gasteiger charge is 2.26. The van der Waals surface area contributed by atoms with E-state index in [-0.39, 0.29) is 42.7 Å². The van der Waals surface area contributed by atoms with Gasteiger partial charge in [-0.2, -0.15) is 0 Å². The van der Waals surface area contributed by atoms with E-state index in [9.17, 15) is 4.79 Å². The van der Waals surface area contributed by atoms with Crippen LogP contribution in [0.1, 0.15) is 25.7 Å². The quantitative estimate of drug-likeness (QED) is 0.732. The van der Waals surface area contributed by atoms with Gasteiger partial charge in [-0.1, -0.05) is 22.4 Å². The van der Waals surface area contributed by atoms with Crippen molar-refractivity contribution in [3.63, 3.8) is 0 Å². The predicted molar refractivity (Wildman–Crippen MR) is 110 cm³/mol. The van der Waals surface area contributed by atoms with Gasteiger partial charge in [-0.3, -0.25) is 4.79 Å². The minimum Gasteiger partial charge on any atom is -0.378 e. The molecule has 8 heteroatoms. The molecule has 2 atom stereocenters. The van der Waals surface area contributed by atoms with Gasteiger partial charge in [0.25, 0.3) is 0 Å². The summed E-state index contributed by atoms with van der Waals surface area (Å²) in [5.41, 5.74) is 7.94. The zero-order chi connectivity index (χ0) is 16.2. The van der Waals surface area contributed by atoms with Crippen molar-refractivity contribution in [1.29, 1.82) is 0 Å². The Kier molecular flexibility index (Phi) is 9.52. The normalized spacial score (nSPS) is 23.2. The molecule has 25 heavy (non-hydrogen) atoms. The zero-order valence-corrected chi connectivity index (χ0v) is 17.3. The molecule has 2 unspecified atom stereocenters. The van der Waals surface area contributed by atoms with E-state index in [1.54, 1.807) is 0 Å². The fourth-order valence-corrected chi connectivity index (χ4v) is 3.75. The Bertz CT molecular complexity index is 571. The Morgan fingerprint density at radius 2 is 1.96 bits per heavy atom. The molecule has 2 aliphatic rings. The van der Waals surface area contributed by atoms with Crippen LogP contribution in [0, 0.1) is 5.92 Å². The largest absolute Gasteiger partial charge is 0.378 e. The third-order valence-electron chi connectivity index (χ3n) is 4.65. The van der Waals surface area contributed by atoms with Crippen LogP contribution >= 0.6 is 40.7 Å². The van der Waals surface area contributed by atoms with Crippen LogP contribution in [0.15, 0.2) is 22.7 Å². The highest BCUT2D eigenvalue weighted by molar-refractivity contribution is 9.10. The van der Waals surface area contributed by atoms with E-state index in [0.717, 1.165) is 67.8 Å². The number of morpholine rings is 1. The number of nitrogens with one attached hydrogen (secondary N) is 1. The maximum Gasteiger partial charge on any atom is 0.227 e. The second-order valence-corrected chi connectivity index (χ2v) is 7.29. The minimum absolute atomic E-state index is 0. The van der Waals surface area contributed by atoms with Crippen LogP contribution in [0.3, 0.4) is 0 Å². The number of nitrogens with two attached hydrogens (primary N) is 1. The summed E-state index contributed by atoms with van der Waals surface area (Å²) >= 11 is 3.50. The van der Waals surface area contributed by atoms with E-state index < -0.39 is 0 Å². The average molecular weight is 455 g/mol. The van der Waals surface area contributed by atoms with Crippen LogP contribution in [0.25, 0.3) is 0 Å². The third-order valence-corrected chi connectivity index (χ3v) is 5.15. The molecule has 1 aliphatic heterocycles. The van der Waals surface area contributed by atoms with Crippen molar-refractivity contribution in [2.75, 3.05) is 36.5 Å². The van der Waals surface area contributed by atoms with Crippen molar-refractivity contribution in [2.24, 2.45) is 11.7 Å². The Hall–Kier alpha value is -0.530. The molecule has 1 saturated carbocycles. The molecule has 1 saturated heterocycles. The molecule has 0 radical (unpaired) electrons. The molecule has 142 valence electrons. The summed E-state index contributed by atoms with van der Waals surface area (Å²) in [6.45, 7) is 3.14. The number of carbonyl (C=O) groups excluding carboxylic acids is 1. The summed E-state index contributed by atoms with van der Waals surface area (Å²) in [5.74, 6) is 0.114. The lowest BCUT2D eigenvalue weighted by molar-refractivity contribution is -0.120. The molecule has 5 nitrogen and oxygen atoms in total. The van der Waals surface area contributed by atoms with Gasteiger partial charge < -0.3 is 20.7 Å². The number of halogens is 3. The Balaban J connectivity index is 0.00000156. The number of amides is 1. The summed E-state index contributed by atoms with van der Waals surface area (Å²) in [4.78, 5) is 14.9. The van der Waals surface area contributed by atoms with Gasteiger partial charge in [0.1, 0.15) is 0 Å². The lowest BCUT2D eigenvalue weighted by Gasteiger charge is -2.31. The number of hydrogen-bond donors (Lipinski definition) is 2. The number of rotatable bonds is 3. The molecule has 3 rings (SSSR count). The van der Waals surface area contributed by atoms with Gasteiger partial charge in [0, 0.05) is 29.5 Å². The number of carbonyl (C=O) groups is 1. The summed E-state index contributed by atoms with van der Waals surface area (Å²) in [6.07, 6.45) is 3.78. The number of nitrogens with zero attached hydrogens (tertiary/aromatic N) is 1. The lowest BCUT2D eigenvalue weighted by Crippen LogP contribution is -2.37. The first-order chi connectivity index (χ1) is 11.1. The van der Waals surface area contributed by atoms with Gasteiger partial charge in [0.2, 0.25) is 5.91 Å². The van der Waals surface area contributed by atoms with Crippen LogP contribution in [0.5, 0.6) is 0 Å². The van der Waals surface area contributed by atoms with E-state index in [1.165, 1.54) is 0 Å². The molecule has 0 aromatic heterocycles. The molecule has 1 aromatic carbocycles. The van der Waals surface area contributed by atoms with Crippen molar-refractivity contribution >= 4 is 58.0 Å². The van der Waals surface area contributed by atoms with E-state index in [2.05, 4.69) is 32.2 Å². The van der Waals surface area contributed by atoms with Gasteiger partial charge in [0.05, 0.1) is 24.6 Å². The van der Waals surface area contributed by atoms with Crippen LogP contribution in [0.2, 0.25) is 0 Å². The number of benzene rings is 1. The summed E-state index contributed by atoms with van der Waals surface area (Å²) < 4.78 is 6.38. The maximum atomic E-state index is 12.6. The van der Waals surface area contributed by atoms with Crippen molar-refractivity contribution in [3.05, 3.63) is 22.7 Å². The summed E-state index contributed by atoms with van der Waals surface area (Å²) in [5, 5.41) is 3.13. The van der Waals surface area contributed by atoms with Gasteiger partial charge in [-0.15, -0.1) is 24.8 Å². The number of hydrogen-bond acceptors (Lipinski definition) is 4. The first kappa shape index (κ1) is 22.5. The molecular weight excluding hydrogens is 429 g/mol. The van der Waals surface area contributed by atoms with Crippen LogP contribution in [-0.2, 0) is 9.53 Å². The van der Waals surface area contributed by atoms with Crippen LogP contribution < -0.4 is 16.0 Å². The van der Waals surface area contributed by atoms with Crippen molar-refractivity contribution in [3.8, 4) is 0 Å². The van der Waals surface area contributed by atoms with E-state index in [0.29, 0.717) is 0 Å². The molecule has 1 heterocycles. The summed E-state index contributed by atoms with van der Waals surface area (Å²) in [7, 11) is 0. The van der Waals surface area contributed by atoms with Crippen molar-refractivity contribution in [2.45, 2.75) is 31.7 Å². The molecular formula is C17H26BrCl2N3O2. The van der Waals surface area contributed by atoms with E-state index in [1.807, 2.05) is 12.1 Å².